The number of rotatable bonds is 2. The fourth-order valence-corrected chi connectivity index (χ4v) is 4.27. The van der Waals surface area contributed by atoms with Gasteiger partial charge in [-0.15, -0.1) is 0 Å². The van der Waals surface area contributed by atoms with Crippen molar-refractivity contribution in [1.29, 1.82) is 0 Å². The van der Waals surface area contributed by atoms with Crippen molar-refractivity contribution in [2.24, 2.45) is 5.41 Å². The average molecular weight is 326 g/mol. The summed E-state index contributed by atoms with van der Waals surface area (Å²) in [4.78, 5) is 13.5. The third-order valence-corrected chi connectivity index (χ3v) is 5.57. The zero-order valence-corrected chi connectivity index (χ0v) is 13.8. The Labute approximate surface area is 147 Å². The average Bonchev–Trinajstić information content (AvgIpc) is 3.43. The first-order valence-corrected chi connectivity index (χ1v) is 8.71. The van der Waals surface area contributed by atoms with E-state index >= 15 is 0 Å². The van der Waals surface area contributed by atoms with E-state index in [-0.39, 0.29) is 17.8 Å². The van der Waals surface area contributed by atoms with Gasteiger partial charge in [0, 0.05) is 5.92 Å². The number of benzene rings is 3. The molecule has 1 fully saturated rings. The molecule has 0 N–H and O–H groups in total. The third kappa shape index (κ3) is 2.07. The predicted octanol–water partition coefficient (Wildman–Crippen LogP) is 5.18. The highest BCUT2D eigenvalue weighted by Crippen LogP contribution is 2.69. The van der Waals surface area contributed by atoms with E-state index in [0.717, 1.165) is 12.0 Å². The molecule has 1 saturated carbocycles. The number of carbonyl (C=O) groups is 1. The summed E-state index contributed by atoms with van der Waals surface area (Å²) in [5.74, 6) is 1.13. The van der Waals surface area contributed by atoms with Crippen molar-refractivity contribution in [3.8, 4) is 5.75 Å². The second kappa shape index (κ2) is 5.32. The van der Waals surface area contributed by atoms with Gasteiger partial charge in [-0.25, -0.2) is 0 Å². The molecule has 0 amide bonds. The Balaban J connectivity index is 1.65. The van der Waals surface area contributed by atoms with Crippen molar-refractivity contribution in [1.82, 2.24) is 0 Å². The minimum atomic E-state index is -0.489. The Hall–Kier alpha value is -2.87. The van der Waals surface area contributed by atoms with E-state index in [0.29, 0.717) is 11.3 Å². The molecule has 1 aliphatic carbocycles. The van der Waals surface area contributed by atoms with Gasteiger partial charge in [-0.1, -0.05) is 72.8 Å². The highest BCUT2D eigenvalue weighted by molar-refractivity contribution is 6.07. The first-order valence-electron chi connectivity index (χ1n) is 8.71. The molecule has 3 aromatic rings. The summed E-state index contributed by atoms with van der Waals surface area (Å²) in [7, 11) is 0. The minimum Gasteiger partial charge on any atom is -0.484 e. The summed E-state index contributed by atoms with van der Waals surface area (Å²) in [6.07, 6.45) is 0.602. The monoisotopic (exact) mass is 326 g/mol. The van der Waals surface area contributed by atoms with E-state index in [1.165, 1.54) is 5.56 Å². The van der Waals surface area contributed by atoms with Crippen LogP contribution in [0, 0.1) is 5.41 Å². The number of fused-ring (bicyclic) bond motifs is 1. The number of carbonyl (C=O) groups excluding carboxylic acids is 1. The fourth-order valence-electron chi connectivity index (χ4n) is 4.27. The minimum absolute atomic E-state index is 0.208. The lowest BCUT2D eigenvalue weighted by molar-refractivity contribution is 0.0575. The zero-order valence-electron chi connectivity index (χ0n) is 13.8. The normalized spacial score (nSPS) is 26.8. The summed E-state index contributed by atoms with van der Waals surface area (Å²) in [6, 6.07) is 28.1. The van der Waals surface area contributed by atoms with E-state index in [1.54, 1.807) is 0 Å². The van der Waals surface area contributed by atoms with Crippen LogP contribution < -0.4 is 4.74 Å². The SMILES string of the molecule is O=C1c2ccccc2OC(c2ccccc2)C12CC2c1ccccc1. The maximum absolute atomic E-state index is 13.5. The van der Waals surface area contributed by atoms with E-state index in [1.807, 2.05) is 60.7 Å². The van der Waals surface area contributed by atoms with Gasteiger partial charge in [-0.05, 0) is 29.7 Å². The Morgan fingerprint density at radius 2 is 1.36 bits per heavy atom. The van der Waals surface area contributed by atoms with E-state index in [4.69, 9.17) is 4.74 Å². The van der Waals surface area contributed by atoms with Crippen molar-refractivity contribution in [2.75, 3.05) is 0 Å². The summed E-state index contributed by atoms with van der Waals surface area (Å²) in [5.41, 5.74) is 2.52. The van der Waals surface area contributed by atoms with Gasteiger partial charge in [0.25, 0.3) is 0 Å². The van der Waals surface area contributed by atoms with E-state index in [2.05, 4.69) is 24.3 Å². The van der Waals surface area contributed by atoms with Gasteiger partial charge in [0.15, 0.2) is 5.78 Å². The lowest BCUT2D eigenvalue weighted by Crippen LogP contribution is -2.34. The second-order valence-corrected chi connectivity index (χ2v) is 6.94. The number of ketones is 1. The maximum Gasteiger partial charge on any atom is 0.177 e. The lowest BCUT2D eigenvalue weighted by atomic mass is 9.80. The Morgan fingerprint density at radius 3 is 2.08 bits per heavy atom. The molecule has 2 nitrogen and oxygen atoms in total. The first kappa shape index (κ1) is 14.5. The van der Waals surface area contributed by atoms with Gasteiger partial charge in [0.05, 0.1) is 11.0 Å². The molecular formula is C23H18O2. The van der Waals surface area contributed by atoms with E-state index < -0.39 is 5.41 Å². The van der Waals surface area contributed by atoms with Gasteiger partial charge < -0.3 is 4.74 Å². The molecule has 122 valence electrons. The van der Waals surface area contributed by atoms with Gasteiger partial charge >= 0.3 is 0 Å². The van der Waals surface area contributed by atoms with Crippen LogP contribution in [0.4, 0.5) is 0 Å². The maximum atomic E-state index is 13.5. The summed E-state index contributed by atoms with van der Waals surface area (Å²) >= 11 is 0. The molecule has 1 aliphatic heterocycles. The number of hydrogen-bond acceptors (Lipinski definition) is 2. The highest BCUT2D eigenvalue weighted by Gasteiger charge is 2.68. The van der Waals surface area contributed by atoms with Gasteiger partial charge in [0.2, 0.25) is 0 Å². The Bertz CT molecular complexity index is 933. The molecule has 0 aromatic heterocycles. The van der Waals surface area contributed by atoms with Crippen molar-refractivity contribution >= 4 is 5.78 Å². The number of para-hydroxylation sites is 1. The van der Waals surface area contributed by atoms with Crippen LogP contribution in [-0.2, 0) is 0 Å². The van der Waals surface area contributed by atoms with Crippen molar-refractivity contribution < 1.29 is 9.53 Å². The van der Waals surface area contributed by atoms with Gasteiger partial charge in [-0.2, -0.15) is 0 Å². The number of Topliss-reactive ketones (excluding diaryl/α,β-unsaturated/α-hetero) is 1. The van der Waals surface area contributed by atoms with Crippen molar-refractivity contribution in [2.45, 2.75) is 18.4 Å². The third-order valence-electron chi connectivity index (χ3n) is 5.57. The number of ether oxygens (including phenoxy) is 1. The quantitative estimate of drug-likeness (QED) is 0.649. The van der Waals surface area contributed by atoms with E-state index in [9.17, 15) is 4.79 Å². The van der Waals surface area contributed by atoms with Crippen LogP contribution >= 0.6 is 0 Å². The summed E-state index contributed by atoms with van der Waals surface area (Å²) < 4.78 is 6.40. The molecule has 0 saturated heterocycles. The Morgan fingerprint density at radius 1 is 0.760 bits per heavy atom. The highest BCUT2D eigenvalue weighted by atomic mass is 16.5. The van der Waals surface area contributed by atoms with Crippen LogP contribution in [0.2, 0.25) is 0 Å². The molecule has 3 atom stereocenters. The Kier molecular flexibility index (Phi) is 3.08. The van der Waals surface area contributed by atoms with Crippen LogP contribution in [0.5, 0.6) is 5.75 Å². The predicted molar refractivity (Wildman–Crippen MR) is 96.8 cm³/mol. The molecule has 1 spiro atoms. The zero-order chi connectivity index (χ0) is 16.9. The lowest BCUT2D eigenvalue weighted by Gasteiger charge is -2.34. The topological polar surface area (TPSA) is 26.3 Å². The molecule has 0 radical (unpaired) electrons. The smallest absolute Gasteiger partial charge is 0.177 e. The number of hydrogen-bond donors (Lipinski definition) is 0. The van der Waals surface area contributed by atoms with Crippen LogP contribution in [0.25, 0.3) is 0 Å². The largest absolute Gasteiger partial charge is 0.484 e. The van der Waals surface area contributed by atoms with Gasteiger partial charge in [-0.3, -0.25) is 4.79 Å². The molecule has 2 aliphatic rings. The van der Waals surface area contributed by atoms with Gasteiger partial charge in [0.1, 0.15) is 11.9 Å². The van der Waals surface area contributed by atoms with Crippen molar-refractivity contribution in [3.63, 3.8) is 0 Å². The molecule has 1 heterocycles. The summed E-state index contributed by atoms with van der Waals surface area (Å²) in [6.45, 7) is 0. The molecule has 5 rings (SSSR count). The van der Waals surface area contributed by atoms with Crippen molar-refractivity contribution in [3.05, 3.63) is 102 Å². The standard InChI is InChI=1S/C23H18O2/c24-21-18-13-7-8-14-20(18)25-22(17-11-5-2-6-12-17)23(21)15-19(23)16-9-3-1-4-10-16/h1-14,19,22H,15H2. The summed E-state index contributed by atoms with van der Waals surface area (Å²) in [5, 5.41) is 0. The second-order valence-electron chi connectivity index (χ2n) is 6.94. The van der Waals surface area contributed by atoms with Crippen LogP contribution in [0.3, 0.4) is 0 Å². The van der Waals surface area contributed by atoms with Crippen LogP contribution in [0.1, 0.15) is 39.9 Å². The molecule has 0 bridgehead atoms. The molecule has 25 heavy (non-hydrogen) atoms. The molecule has 2 heteroatoms. The van der Waals surface area contributed by atoms with Crippen LogP contribution in [-0.4, -0.2) is 5.78 Å². The van der Waals surface area contributed by atoms with Crippen LogP contribution in [0.15, 0.2) is 84.9 Å². The first-order chi connectivity index (χ1) is 12.3. The fraction of sp³-hybridized carbons (Fsp3) is 0.174. The molecular weight excluding hydrogens is 308 g/mol. The molecule has 3 aromatic carbocycles. The molecule has 3 unspecified atom stereocenters.